The van der Waals surface area contributed by atoms with Gasteiger partial charge in [0.05, 0.1) is 0 Å². The molecule has 0 aromatic heterocycles. The average Bonchev–Trinajstić information content (AvgIpc) is 2.20. The maximum atomic E-state index is 13.4. The molecule has 16 heavy (non-hydrogen) atoms. The van der Waals surface area contributed by atoms with Crippen molar-refractivity contribution in [2.24, 2.45) is 11.8 Å². The molecule has 0 aliphatic heterocycles. The Morgan fingerprint density at radius 2 is 2.00 bits per heavy atom. The van der Waals surface area contributed by atoms with Gasteiger partial charge in [-0.15, -0.1) is 0 Å². The molecule has 1 unspecified atom stereocenters. The summed E-state index contributed by atoms with van der Waals surface area (Å²) in [6.07, 6.45) is 0. The van der Waals surface area contributed by atoms with Gasteiger partial charge in [-0.2, -0.15) is 0 Å². The third kappa shape index (κ3) is 4.11. The molecule has 0 saturated carbocycles. The standard InChI is InChI=1S/C13H19ClFN/c1-9(2)10(3)7-16-8-11-4-5-12(14)6-13(11)15/h4-6,9-10,16H,7-8H2,1-3H3. The lowest BCUT2D eigenvalue weighted by Gasteiger charge is -2.16. The number of hydrogen-bond acceptors (Lipinski definition) is 1. The van der Waals surface area contributed by atoms with E-state index >= 15 is 0 Å². The molecule has 0 spiro atoms. The second-order valence-corrected chi connectivity index (χ2v) is 5.02. The molecule has 3 heteroatoms. The summed E-state index contributed by atoms with van der Waals surface area (Å²) in [6.45, 7) is 8.03. The van der Waals surface area contributed by atoms with Crippen molar-refractivity contribution >= 4 is 11.6 Å². The van der Waals surface area contributed by atoms with Gasteiger partial charge in [0.15, 0.2) is 0 Å². The predicted octanol–water partition coefficient (Wildman–Crippen LogP) is 3.86. The van der Waals surface area contributed by atoms with Crippen molar-refractivity contribution in [1.29, 1.82) is 0 Å². The van der Waals surface area contributed by atoms with Crippen LogP contribution in [0, 0.1) is 17.7 Å². The first-order valence-electron chi connectivity index (χ1n) is 5.65. The average molecular weight is 244 g/mol. The molecular weight excluding hydrogens is 225 g/mol. The zero-order chi connectivity index (χ0) is 12.1. The summed E-state index contributed by atoms with van der Waals surface area (Å²) >= 11 is 5.68. The molecular formula is C13H19ClFN. The minimum Gasteiger partial charge on any atom is -0.312 e. The van der Waals surface area contributed by atoms with E-state index in [2.05, 4.69) is 26.1 Å². The Hall–Kier alpha value is -0.600. The monoisotopic (exact) mass is 243 g/mol. The second kappa shape index (κ2) is 6.21. The van der Waals surface area contributed by atoms with E-state index < -0.39 is 0 Å². The lowest BCUT2D eigenvalue weighted by atomic mass is 9.98. The van der Waals surface area contributed by atoms with E-state index in [4.69, 9.17) is 11.6 Å². The van der Waals surface area contributed by atoms with Gasteiger partial charge < -0.3 is 5.32 Å². The van der Waals surface area contributed by atoms with Gasteiger partial charge in [0.2, 0.25) is 0 Å². The summed E-state index contributed by atoms with van der Waals surface area (Å²) in [4.78, 5) is 0. The fourth-order valence-electron chi connectivity index (χ4n) is 1.34. The van der Waals surface area contributed by atoms with Crippen molar-refractivity contribution in [3.05, 3.63) is 34.6 Å². The van der Waals surface area contributed by atoms with E-state index in [0.717, 1.165) is 6.54 Å². The first kappa shape index (κ1) is 13.5. The molecule has 0 saturated heterocycles. The summed E-state index contributed by atoms with van der Waals surface area (Å²) in [5.41, 5.74) is 0.667. The first-order valence-corrected chi connectivity index (χ1v) is 6.03. The van der Waals surface area contributed by atoms with Crippen molar-refractivity contribution in [2.45, 2.75) is 27.3 Å². The fraction of sp³-hybridized carbons (Fsp3) is 0.538. The van der Waals surface area contributed by atoms with Crippen LogP contribution < -0.4 is 5.32 Å². The van der Waals surface area contributed by atoms with Crippen LogP contribution in [0.25, 0.3) is 0 Å². The summed E-state index contributed by atoms with van der Waals surface area (Å²) in [5.74, 6) is 0.995. The largest absolute Gasteiger partial charge is 0.312 e. The highest BCUT2D eigenvalue weighted by Crippen LogP contribution is 2.14. The van der Waals surface area contributed by atoms with Crippen LogP contribution in [-0.4, -0.2) is 6.54 Å². The Labute approximate surface area is 102 Å². The summed E-state index contributed by atoms with van der Waals surface area (Å²) in [6, 6.07) is 4.79. The number of benzene rings is 1. The van der Waals surface area contributed by atoms with Crippen LogP contribution in [0.1, 0.15) is 26.3 Å². The van der Waals surface area contributed by atoms with Gasteiger partial charge in [0.1, 0.15) is 5.82 Å². The second-order valence-electron chi connectivity index (χ2n) is 4.59. The molecule has 0 aliphatic carbocycles. The SMILES string of the molecule is CC(C)C(C)CNCc1ccc(Cl)cc1F. The maximum Gasteiger partial charge on any atom is 0.129 e. The van der Waals surface area contributed by atoms with Gasteiger partial charge in [0.25, 0.3) is 0 Å². The summed E-state index contributed by atoms with van der Waals surface area (Å²) in [7, 11) is 0. The van der Waals surface area contributed by atoms with Crippen LogP contribution in [-0.2, 0) is 6.54 Å². The quantitative estimate of drug-likeness (QED) is 0.828. The Balaban J connectivity index is 2.43. The van der Waals surface area contributed by atoms with E-state index in [1.54, 1.807) is 12.1 Å². The van der Waals surface area contributed by atoms with Crippen LogP contribution in [0.3, 0.4) is 0 Å². The molecule has 1 nitrogen and oxygen atoms in total. The Bertz CT molecular complexity index is 339. The lowest BCUT2D eigenvalue weighted by molar-refractivity contribution is 0.391. The van der Waals surface area contributed by atoms with Crippen LogP contribution in [0.4, 0.5) is 4.39 Å². The molecule has 0 amide bonds. The van der Waals surface area contributed by atoms with Crippen molar-refractivity contribution in [3.8, 4) is 0 Å². The minimum atomic E-state index is -0.239. The van der Waals surface area contributed by atoms with E-state index in [1.807, 2.05) is 0 Å². The van der Waals surface area contributed by atoms with Crippen LogP contribution in [0.15, 0.2) is 18.2 Å². The van der Waals surface area contributed by atoms with Crippen LogP contribution in [0.2, 0.25) is 5.02 Å². The smallest absolute Gasteiger partial charge is 0.129 e. The van der Waals surface area contributed by atoms with Gasteiger partial charge in [-0.25, -0.2) is 4.39 Å². The Morgan fingerprint density at radius 3 is 2.56 bits per heavy atom. The molecule has 90 valence electrons. The summed E-state index contributed by atoms with van der Waals surface area (Å²) in [5, 5.41) is 3.70. The van der Waals surface area contributed by atoms with E-state index in [0.29, 0.717) is 29.0 Å². The zero-order valence-corrected chi connectivity index (χ0v) is 10.8. The summed E-state index contributed by atoms with van der Waals surface area (Å²) < 4.78 is 13.4. The lowest BCUT2D eigenvalue weighted by Crippen LogP contribution is -2.24. The molecule has 1 atom stereocenters. The molecule has 0 fully saturated rings. The van der Waals surface area contributed by atoms with E-state index in [-0.39, 0.29) is 5.82 Å². The third-order valence-corrected chi connectivity index (χ3v) is 3.17. The number of rotatable bonds is 5. The Morgan fingerprint density at radius 1 is 1.31 bits per heavy atom. The number of nitrogens with one attached hydrogen (secondary N) is 1. The Kier molecular flexibility index (Phi) is 5.23. The fourth-order valence-corrected chi connectivity index (χ4v) is 1.49. The maximum absolute atomic E-state index is 13.4. The van der Waals surface area contributed by atoms with Crippen molar-refractivity contribution in [3.63, 3.8) is 0 Å². The number of hydrogen-bond donors (Lipinski definition) is 1. The molecule has 1 aromatic carbocycles. The highest BCUT2D eigenvalue weighted by atomic mass is 35.5. The molecule has 0 heterocycles. The van der Waals surface area contributed by atoms with E-state index in [9.17, 15) is 4.39 Å². The molecule has 0 aliphatic rings. The van der Waals surface area contributed by atoms with E-state index in [1.165, 1.54) is 6.07 Å². The van der Waals surface area contributed by atoms with Crippen molar-refractivity contribution in [2.75, 3.05) is 6.54 Å². The van der Waals surface area contributed by atoms with Crippen LogP contribution in [0.5, 0.6) is 0 Å². The topological polar surface area (TPSA) is 12.0 Å². The highest BCUT2D eigenvalue weighted by molar-refractivity contribution is 6.30. The van der Waals surface area contributed by atoms with Crippen molar-refractivity contribution < 1.29 is 4.39 Å². The zero-order valence-electron chi connectivity index (χ0n) is 10.1. The molecule has 1 rings (SSSR count). The molecule has 0 radical (unpaired) electrons. The van der Waals surface area contributed by atoms with Crippen molar-refractivity contribution in [1.82, 2.24) is 5.32 Å². The normalized spacial score (nSPS) is 13.1. The molecule has 1 aromatic rings. The van der Waals surface area contributed by atoms with Gasteiger partial charge in [-0.05, 0) is 30.5 Å². The van der Waals surface area contributed by atoms with Gasteiger partial charge in [0, 0.05) is 17.1 Å². The first-order chi connectivity index (χ1) is 7.50. The van der Waals surface area contributed by atoms with Gasteiger partial charge in [-0.1, -0.05) is 38.4 Å². The predicted molar refractivity (Wildman–Crippen MR) is 67.1 cm³/mol. The molecule has 0 bridgehead atoms. The van der Waals surface area contributed by atoms with Gasteiger partial charge in [-0.3, -0.25) is 0 Å². The number of halogens is 2. The van der Waals surface area contributed by atoms with Crippen LogP contribution >= 0.6 is 11.6 Å². The highest BCUT2D eigenvalue weighted by Gasteiger charge is 2.07. The van der Waals surface area contributed by atoms with Gasteiger partial charge >= 0.3 is 0 Å². The molecule has 1 N–H and O–H groups in total. The minimum absolute atomic E-state index is 0.239. The third-order valence-electron chi connectivity index (χ3n) is 2.93.